The zero-order valence-corrected chi connectivity index (χ0v) is 11.4. The molecule has 0 aromatic carbocycles. The van der Waals surface area contributed by atoms with Crippen LogP contribution in [-0.4, -0.2) is 50.2 Å². The molecule has 2 heterocycles. The smallest absolute Gasteiger partial charge is 0.311 e. The molecule has 4 N–H and O–H groups in total. The SMILES string of the molecule is CCCC1(C(=O)O)CCCN(C(=O)c2nc(N)n[nH]2)C1. The number of nitrogens with one attached hydrogen (secondary N) is 1. The summed E-state index contributed by atoms with van der Waals surface area (Å²) in [6.45, 7) is 2.68. The largest absolute Gasteiger partial charge is 0.481 e. The van der Waals surface area contributed by atoms with E-state index in [1.165, 1.54) is 4.90 Å². The number of aliphatic carboxylic acids is 1. The fourth-order valence-corrected chi connectivity index (χ4v) is 2.79. The van der Waals surface area contributed by atoms with E-state index in [-0.39, 0.29) is 24.2 Å². The predicted octanol–water partition coefficient (Wildman–Crippen LogP) is 0.494. The van der Waals surface area contributed by atoms with Gasteiger partial charge in [-0.2, -0.15) is 4.98 Å². The molecule has 1 saturated heterocycles. The van der Waals surface area contributed by atoms with Crippen LogP contribution in [0.5, 0.6) is 0 Å². The second-order valence-corrected chi connectivity index (χ2v) is 5.21. The number of rotatable bonds is 4. The molecule has 110 valence electrons. The van der Waals surface area contributed by atoms with Crippen LogP contribution < -0.4 is 5.73 Å². The highest BCUT2D eigenvalue weighted by atomic mass is 16.4. The number of H-pyrrole nitrogens is 1. The maximum atomic E-state index is 12.3. The Morgan fingerprint density at radius 1 is 1.55 bits per heavy atom. The van der Waals surface area contributed by atoms with E-state index in [0.29, 0.717) is 25.8 Å². The number of aromatic amines is 1. The molecule has 0 aliphatic carbocycles. The van der Waals surface area contributed by atoms with Crippen LogP contribution in [0.3, 0.4) is 0 Å². The number of carboxylic acid groups (broad SMARTS) is 1. The lowest BCUT2D eigenvalue weighted by Crippen LogP contribution is -2.50. The predicted molar refractivity (Wildman–Crippen MR) is 70.9 cm³/mol. The van der Waals surface area contributed by atoms with E-state index in [4.69, 9.17) is 5.73 Å². The third kappa shape index (κ3) is 2.59. The number of nitrogens with zero attached hydrogens (tertiary/aromatic N) is 3. The first-order chi connectivity index (χ1) is 9.48. The summed E-state index contributed by atoms with van der Waals surface area (Å²) >= 11 is 0. The quantitative estimate of drug-likeness (QED) is 0.737. The summed E-state index contributed by atoms with van der Waals surface area (Å²) in [5, 5.41) is 15.6. The molecule has 8 nitrogen and oxygen atoms in total. The van der Waals surface area contributed by atoms with Gasteiger partial charge < -0.3 is 15.7 Å². The average Bonchev–Trinajstić information content (AvgIpc) is 2.85. The van der Waals surface area contributed by atoms with Gasteiger partial charge >= 0.3 is 5.97 Å². The van der Waals surface area contributed by atoms with Gasteiger partial charge in [0.1, 0.15) is 0 Å². The number of piperidine rings is 1. The molecule has 1 amide bonds. The number of hydrogen-bond donors (Lipinski definition) is 3. The molecule has 1 aromatic heterocycles. The number of hydrogen-bond acceptors (Lipinski definition) is 5. The van der Waals surface area contributed by atoms with Crippen LogP contribution in [0.4, 0.5) is 5.95 Å². The monoisotopic (exact) mass is 281 g/mol. The van der Waals surface area contributed by atoms with E-state index in [1.54, 1.807) is 0 Å². The zero-order chi connectivity index (χ0) is 14.8. The van der Waals surface area contributed by atoms with Crippen LogP contribution in [0.15, 0.2) is 0 Å². The summed E-state index contributed by atoms with van der Waals surface area (Å²) in [6.07, 6.45) is 2.59. The normalized spacial score (nSPS) is 22.8. The van der Waals surface area contributed by atoms with Crippen molar-refractivity contribution < 1.29 is 14.7 Å². The molecule has 0 spiro atoms. The number of carboxylic acids is 1. The summed E-state index contributed by atoms with van der Waals surface area (Å²) < 4.78 is 0. The molecular formula is C12H19N5O3. The molecule has 0 radical (unpaired) electrons. The fraction of sp³-hybridized carbons (Fsp3) is 0.667. The van der Waals surface area contributed by atoms with Crippen molar-refractivity contribution in [2.75, 3.05) is 18.8 Å². The van der Waals surface area contributed by atoms with Crippen molar-refractivity contribution in [1.82, 2.24) is 20.1 Å². The Labute approximate surface area is 116 Å². The number of carbonyl (C=O) groups is 2. The standard InChI is InChI=1S/C12H19N5O3/c1-2-4-12(10(19)20)5-3-6-17(7-12)9(18)8-14-11(13)16-15-8/h2-7H2,1H3,(H,19,20)(H3,13,14,15,16). The number of nitrogen functional groups attached to an aromatic ring is 1. The lowest BCUT2D eigenvalue weighted by Gasteiger charge is -2.39. The molecule has 1 fully saturated rings. The summed E-state index contributed by atoms with van der Waals surface area (Å²) in [7, 11) is 0. The minimum atomic E-state index is -0.853. The van der Waals surface area contributed by atoms with Crippen molar-refractivity contribution in [2.24, 2.45) is 5.41 Å². The number of nitrogens with two attached hydrogens (primary N) is 1. The van der Waals surface area contributed by atoms with Crippen molar-refractivity contribution >= 4 is 17.8 Å². The highest BCUT2D eigenvalue weighted by Crippen LogP contribution is 2.35. The fourth-order valence-electron chi connectivity index (χ4n) is 2.79. The van der Waals surface area contributed by atoms with Gasteiger partial charge in [-0.1, -0.05) is 13.3 Å². The first-order valence-corrected chi connectivity index (χ1v) is 6.69. The summed E-state index contributed by atoms with van der Waals surface area (Å²) in [4.78, 5) is 29.2. The van der Waals surface area contributed by atoms with Crippen molar-refractivity contribution in [3.63, 3.8) is 0 Å². The molecule has 2 rings (SSSR count). The van der Waals surface area contributed by atoms with Crippen LogP contribution in [0.2, 0.25) is 0 Å². The highest BCUT2D eigenvalue weighted by Gasteiger charge is 2.43. The Bertz CT molecular complexity index is 511. The lowest BCUT2D eigenvalue weighted by atomic mass is 9.76. The summed E-state index contributed by atoms with van der Waals surface area (Å²) in [6, 6.07) is 0. The van der Waals surface area contributed by atoms with Crippen LogP contribution in [0, 0.1) is 5.41 Å². The summed E-state index contributed by atoms with van der Waals surface area (Å²) in [5.41, 5.74) is 4.52. The Morgan fingerprint density at radius 3 is 2.85 bits per heavy atom. The lowest BCUT2D eigenvalue weighted by molar-refractivity contribution is -0.152. The molecule has 20 heavy (non-hydrogen) atoms. The molecule has 1 aliphatic heterocycles. The van der Waals surface area contributed by atoms with Gasteiger partial charge in [-0.15, -0.1) is 5.10 Å². The summed E-state index contributed by atoms with van der Waals surface area (Å²) in [5.74, 6) is -1.13. The molecule has 0 saturated carbocycles. The molecular weight excluding hydrogens is 262 g/mol. The number of amides is 1. The van der Waals surface area contributed by atoms with Gasteiger partial charge in [0.2, 0.25) is 11.8 Å². The van der Waals surface area contributed by atoms with Gasteiger partial charge in [-0.05, 0) is 19.3 Å². The second-order valence-electron chi connectivity index (χ2n) is 5.21. The number of carbonyl (C=O) groups excluding carboxylic acids is 1. The second kappa shape index (κ2) is 5.48. The zero-order valence-electron chi connectivity index (χ0n) is 11.4. The molecule has 0 bridgehead atoms. The van der Waals surface area contributed by atoms with E-state index in [2.05, 4.69) is 15.2 Å². The molecule has 1 aromatic rings. The van der Waals surface area contributed by atoms with Crippen molar-refractivity contribution in [1.29, 1.82) is 0 Å². The first kappa shape index (κ1) is 14.3. The van der Waals surface area contributed by atoms with Crippen LogP contribution in [-0.2, 0) is 4.79 Å². The van der Waals surface area contributed by atoms with E-state index >= 15 is 0 Å². The topological polar surface area (TPSA) is 125 Å². The third-order valence-electron chi connectivity index (χ3n) is 3.75. The van der Waals surface area contributed by atoms with Crippen molar-refractivity contribution in [2.45, 2.75) is 32.6 Å². The van der Waals surface area contributed by atoms with E-state index in [1.807, 2.05) is 6.92 Å². The Morgan fingerprint density at radius 2 is 2.30 bits per heavy atom. The Kier molecular flexibility index (Phi) is 3.91. The number of aromatic nitrogens is 3. The average molecular weight is 281 g/mol. The van der Waals surface area contributed by atoms with Gasteiger partial charge in [0, 0.05) is 13.1 Å². The van der Waals surface area contributed by atoms with E-state index in [9.17, 15) is 14.7 Å². The maximum absolute atomic E-state index is 12.3. The van der Waals surface area contributed by atoms with E-state index < -0.39 is 11.4 Å². The maximum Gasteiger partial charge on any atom is 0.311 e. The number of anilines is 1. The minimum absolute atomic E-state index is 0.00316. The Balaban J connectivity index is 2.17. The van der Waals surface area contributed by atoms with Gasteiger partial charge in [-0.3, -0.25) is 14.7 Å². The molecule has 8 heteroatoms. The van der Waals surface area contributed by atoms with Crippen LogP contribution >= 0.6 is 0 Å². The van der Waals surface area contributed by atoms with Gasteiger partial charge in [0.05, 0.1) is 5.41 Å². The first-order valence-electron chi connectivity index (χ1n) is 6.69. The number of likely N-dealkylation sites (tertiary alicyclic amines) is 1. The van der Waals surface area contributed by atoms with E-state index in [0.717, 1.165) is 6.42 Å². The minimum Gasteiger partial charge on any atom is -0.481 e. The van der Waals surface area contributed by atoms with Gasteiger partial charge in [-0.25, -0.2) is 0 Å². The van der Waals surface area contributed by atoms with Gasteiger partial charge in [0.15, 0.2) is 0 Å². The third-order valence-corrected chi connectivity index (χ3v) is 3.75. The molecule has 1 unspecified atom stereocenters. The van der Waals surface area contributed by atoms with Crippen molar-refractivity contribution in [3.05, 3.63) is 5.82 Å². The molecule has 1 atom stereocenters. The van der Waals surface area contributed by atoms with Crippen LogP contribution in [0.25, 0.3) is 0 Å². The molecule has 1 aliphatic rings. The Hall–Kier alpha value is -2.12. The highest BCUT2D eigenvalue weighted by molar-refractivity contribution is 5.91. The van der Waals surface area contributed by atoms with Crippen molar-refractivity contribution in [3.8, 4) is 0 Å². The van der Waals surface area contributed by atoms with Crippen LogP contribution in [0.1, 0.15) is 43.2 Å². The van der Waals surface area contributed by atoms with Gasteiger partial charge in [0.25, 0.3) is 5.91 Å².